The molecule has 1 aromatic heterocycles. The Morgan fingerprint density at radius 1 is 1.48 bits per heavy atom. The second kappa shape index (κ2) is 6.71. The molecule has 11 nitrogen and oxygen atoms in total. The van der Waals surface area contributed by atoms with Crippen LogP contribution in [0.2, 0.25) is 0 Å². The summed E-state index contributed by atoms with van der Waals surface area (Å²) in [5.74, 6) is -2.11. The van der Waals surface area contributed by atoms with E-state index in [4.69, 9.17) is 15.6 Å². The van der Waals surface area contributed by atoms with Crippen LogP contribution in [-0.2, 0) is 23.8 Å². The van der Waals surface area contributed by atoms with E-state index < -0.39 is 53.9 Å². The molecule has 0 bridgehead atoms. The SMILES string of the molecule is [2H]C(O)[C@H]1O[C@H](n2ccnc2[N+](=O)[O-])[C@@H](OC(C)=O)[C@@H]1OC(C)=O. The van der Waals surface area contributed by atoms with Gasteiger partial charge in [0.2, 0.25) is 6.23 Å². The van der Waals surface area contributed by atoms with E-state index in [2.05, 4.69) is 4.98 Å². The van der Waals surface area contributed by atoms with E-state index in [1.165, 1.54) is 6.20 Å². The molecule has 1 aromatic rings. The largest absolute Gasteiger partial charge is 0.455 e. The van der Waals surface area contributed by atoms with Crippen molar-refractivity contribution in [3.05, 3.63) is 22.5 Å². The van der Waals surface area contributed by atoms with Crippen LogP contribution in [0.5, 0.6) is 0 Å². The van der Waals surface area contributed by atoms with Gasteiger partial charge in [0.05, 0.1) is 7.95 Å². The summed E-state index contributed by atoms with van der Waals surface area (Å²) >= 11 is 0. The first kappa shape index (κ1) is 15.4. The zero-order chi connectivity index (χ0) is 18.0. The number of rotatable bonds is 5. The van der Waals surface area contributed by atoms with Crippen molar-refractivity contribution in [2.75, 3.05) is 6.58 Å². The zero-order valence-corrected chi connectivity index (χ0v) is 12.2. The fourth-order valence-electron chi connectivity index (χ4n) is 2.30. The van der Waals surface area contributed by atoms with Crippen molar-refractivity contribution in [1.29, 1.82) is 0 Å². The number of ether oxygens (including phenoxy) is 3. The lowest BCUT2D eigenvalue weighted by molar-refractivity contribution is -0.398. The zero-order valence-electron chi connectivity index (χ0n) is 13.2. The van der Waals surface area contributed by atoms with Gasteiger partial charge in [0.1, 0.15) is 18.5 Å². The molecule has 0 spiro atoms. The number of esters is 2. The smallest absolute Gasteiger partial charge is 0.436 e. The molecule has 5 atom stereocenters. The van der Waals surface area contributed by atoms with Crippen molar-refractivity contribution in [3.63, 3.8) is 0 Å². The monoisotopic (exact) mass is 330 g/mol. The average molecular weight is 330 g/mol. The highest BCUT2D eigenvalue weighted by molar-refractivity contribution is 5.67. The number of carbonyl (C=O) groups is 2. The summed E-state index contributed by atoms with van der Waals surface area (Å²) in [6.45, 7) is 0.347. The Kier molecular flexibility index (Phi) is 4.48. The van der Waals surface area contributed by atoms with E-state index in [9.17, 15) is 24.8 Å². The summed E-state index contributed by atoms with van der Waals surface area (Å²) in [7, 11) is 0. The molecular weight excluding hydrogens is 314 g/mol. The van der Waals surface area contributed by atoms with Gasteiger partial charge in [0.25, 0.3) is 0 Å². The highest BCUT2D eigenvalue weighted by Gasteiger charge is 2.52. The second-order valence-electron chi connectivity index (χ2n) is 4.68. The van der Waals surface area contributed by atoms with Crippen LogP contribution < -0.4 is 0 Å². The molecule has 0 aromatic carbocycles. The number of nitrogens with zero attached hydrogens (tertiary/aromatic N) is 3. The van der Waals surface area contributed by atoms with E-state index in [0.717, 1.165) is 24.6 Å². The van der Waals surface area contributed by atoms with E-state index in [1.54, 1.807) is 0 Å². The van der Waals surface area contributed by atoms with Crippen LogP contribution in [0.25, 0.3) is 0 Å². The Labute approximate surface area is 131 Å². The Bertz CT molecular complexity index is 648. The average Bonchev–Trinajstić information content (AvgIpc) is 3.03. The van der Waals surface area contributed by atoms with Gasteiger partial charge in [-0.2, -0.15) is 4.57 Å². The molecule has 1 N–H and O–H groups in total. The normalized spacial score (nSPS) is 28.7. The van der Waals surface area contributed by atoms with Crippen molar-refractivity contribution in [2.24, 2.45) is 0 Å². The van der Waals surface area contributed by atoms with Crippen LogP contribution in [0.4, 0.5) is 5.95 Å². The first-order valence-electron chi connectivity index (χ1n) is 7.07. The van der Waals surface area contributed by atoms with Crippen LogP contribution in [0.1, 0.15) is 21.4 Å². The lowest BCUT2D eigenvalue weighted by Gasteiger charge is -2.22. The van der Waals surface area contributed by atoms with Crippen molar-refractivity contribution >= 4 is 17.9 Å². The Hall–Kier alpha value is -2.53. The molecule has 2 heterocycles. The predicted octanol–water partition coefficient (Wildman–Crippen LogP) is -0.456. The number of aliphatic hydroxyl groups is 1. The van der Waals surface area contributed by atoms with Crippen molar-refractivity contribution in [1.82, 2.24) is 9.55 Å². The van der Waals surface area contributed by atoms with E-state index >= 15 is 0 Å². The molecule has 23 heavy (non-hydrogen) atoms. The maximum Gasteiger partial charge on any atom is 0.436 e. The van der Waals surface area contributed by atoms with Crippen LogP contribution in [0.3, 0.4) is 0 Å². The predicted molar refractivity (Wildman–Crippen MR) is 71.0 cm³/mol. The van der Waals surface area contributed by atoms with Crippen molar-refractivity contribution in [3.8, 4) is 0 Å². The topological polar surface area (TPSA) is 143 Å². The Morgan fingerprint density at radius 3 is 2.61 bits per heavy atom. The molecule has 1 aliphatic heterocycles. The second-order valence-corrected chi connectivity index (χ2v) is 4.68. The highest BCUT2D eigenvalue weighted by atomic mass is 16.7. The van der Waals surface area contributed by atoms with Gasteiger partial charge in [-0.25, -0.2) is 0 Å². The molecule has 1 aliphatic rings. The lowest BCUT2D eigenvalue weighted by atomic mass is 10.1. The first-order chi connectivity index (χ1) is 11.2. The number of hydrogen-bond donors (Lipinski definition) is 1. The third kappa shape index (κ3) is 3.46. The maximum atomic E-state index is 11.4. The van der Waals surface area contributed by atoms with Crippen LogP contribution in [0.15, 0.2) is 12.4 Å². The molecule has 0 amide bonds. The standard InChI is InChI=1S/C12H15N3O8/c1-6(17)21-9-8(5-16)23-11(10(9)22-7(2)18)14-4-3-13-12(14)15(19)20/h3-4,8-11,16H,5H2,1-2H3/t8-,9-,10+,11+/m1/s1/i5D/t5?,8-,9-,10+,11+. The minimum Gasteiger partial charge on any atom is -0.455 e. The highest BCUT2D eigenvalue weighted by Crippen LogP contribution is 2.35. The Balaban J connectivity index is 2.44. The summed E-state index contributed by atoms with van der Waals surface area (Å²) in [6.07, 6.45) is -2.94. The number of carbonyl (C=O) groups excluding carboxylic acids is 2. The fraction of sp³-hybridized carbons (Fsp3) is 0.583. The lowest BCUT2D eigenvalue weighted by Crippen LogP contribution is -2.40. The van der Waals surface area contributed by atoms with Gasteiger partial charge in [-0.15, -0.1) is 0 Å². The molecule has 1 unspecified atom stereocenters. The summed E-state index contributed by atoms with van der Waals surface area (Å²) in [5, 5.41) is 20.6. The number of hydrogen-bond acceptors (Lipinski definition) is 9. The van der Waals surface area contributed by atoms with E-state index in [0.29, 0.717) is 0 Å². The number of aromatic nitrogens is 2. The van der Waals surface area contributed by atoms with Crippen LogP contribution >= 0.6 is 0 Å². The van der Waals surface area contributed by atoms with E-state index in [1.807, 2.05) is 0 Å². The molecule has 0 saturated carbocycles. The van der Waals surface area contributed by atoms with Gasteiger partial charge in [-0.3, -0.25) is 9.59 Å². The number of aliphatic hydroxyl groups excluding tert-OH is 1. The molecule has 11 heteroatoms. The minimum absolute atomic E-state index is 0.598. The fourth-order valence-corrected chi connectivity index (χ4v) is 2.30. The summed E-state index contributed by atoms with van der Waals surface area (Å²) in [6, 6.07) is 0. The first-order valence-corrected chi connectivity index (χ1v) is 6.49. The Morgan fingerprint density at radius 2 is 2.09 bits per heavy atom. The quantitative estimate of drug-likeness (QED) is 0.431. The number of imidazole rings is 1. The summed E-state index contributed by atoms with van der Waals surface area (Å²) in [5.41, 5.74) is 0. The molecule has 126 valence electrons. The maximum absolute atomic E-state index is 11.4. The van der Waals surface area contributed by atoms with Gasteiger partial charge in [0.15, 0.2) is 12.2 Å². The molecule has 0 aliphatic carbocycles. The third-order valence-corrected chi connectivity index (χ3v) is 3.06. The van der Waals surface area contributed by atoms with Crippen molar-refractivity contribution < 1.29 is 35.2 Å². The van der Waals surface area contributed by atoms with Gasteiger partial charge < -0.3 is 29.4 Å². The summed E-state index contributed by atoms with van der Waals surface area (Å²) in [4.78, 5) is 36.4. The minimum atomic E-state index is -1.83. The number of nitro groups is 1. The molecule has 0 radical (unpaired) electrons. The third-order valence-electron chi connectivity index (χ3n) is 3.06. The van der Waals surface area contributed by atoms with Crippen LogP contribution in [-0.4, -0.2) is 56.4 Å². The summed E-state index contributed by atoms with van der Waals surface area (Å²) < 4.78 is 23.9. The van der Waals surface area contributed by atoms with Gasteiger partial charge >= 0.3 is 17.9 Å². The van der Waals surface area contributed by atoms with Gasteiger partial charge in [-0.05, 0) is 4.92 Å². The van der Waals surface area contributed by atoms with E-state index in [-0.39, 0.29) is 0 Å². The molecular formula is C12H15N3O8. The molecule has 1 saturated heterocycles. The molecule has 1 fully saturated rings. The van der Waals surface area contributed by atoms with Gasteiger partial charge in [0, 0.05) is 13.8 Å². The van der Waals surface area contributed by atoms with Crippen LogP contribution in [0, 0.1) is 10.1 Å². The van der Waals surface area contributed by atoms with Gasteiger partial charge in [-0.1, -0.05) is 4.98 Å². The van der Waals surface area contributed by atoms with Crippen molar-refractivity contribution in [2.45, 2.75) is 38.4 Å². The molecule has 2 rings (SSSR count).